The van der Waals surface area contributed by atoms with E-state index in [1.807, 2.05) is 30.5 Å². The van der Waals surface area contributed by atoms with E-state index < -0.39 is 4.92 Å². The van der Waals surface area contributed by atoms with Gasteiger partial charge in [-0.2, -0.15) is 5.26 Å². The molecule has 0 aliphatic rings. The molecule has 146 valence electrons. The van der Waals surface area contributed by atoms with E-state index in [9.17, 15) is 14.9 Å². The number of nitriles is 1. The van der Waals surface area contributed by atoms with Gasteiger partial charge in [0.1, 0.15) is 6.54 Å². The number of pyridine rings is 1. The standard InChI is InChI=1S/C21H19N5O3/c1-14-7-9-23-21(20(14)26(28)29)24-13-17-6-5-16(12-18(17)15(2)27)19-4-3-10-25(19)11-8-22/h3-7,9-10,12H,11,13H2,1-2H3,(H,23,24). The lowest BCUT2D eigenvalue weighted by molar-refractivity contribution is -0.384. The molecule has 0 bridgehead atoms. The number of aromatic nitrogens is 2. The van der Waals surface area contributed by atoms with Gasteiger partial charge >= 0.3 is 5.69 Å². The Morgan fingerprint density at radius 2 is 2.14 bits per heavy atom. The van der Waals surface area contributed by atoms with Crippen LogP contribution in [0.5, 0.6) is 0 Å². The molecule has 0 saturated carbocycles. The monoisotopic (exact) mass is 389 g/mol. The Morgan fingerprint density at radius 1 is 1.34 bits per heavy atom. The van der Waals surface area contributed by atoms with Crippen LogP contribution in [-0.4, -0.2) is 20.3 Å². The molecular formula is C21H19N5O3. The number of carbonyl (C=O) groups is 1. The van der Waals surface area contributed by atoms with Gasteiger partial charge in [-0.15, -0.1) is 0 Å². The van der Waals surface area contributed by atoms with Gasteiger partial charge in [0.25, 0.3) is 0 Å². The third-order valence-electron chi connectivity index (χ3n) is 4.61. The largest absolute Gasteiger partial charge is 0.360 e. The maximum Gasteiger partial charge on any atom is 0.314 e. The number of Topliss-reactive ketones (excluding diaryl/α,β-unsaturated/α-hetero) is 1. The minimum atomic E-state index is -0.469. The molecule has 0 atom stereocenters. The molecule has 0 radical (unpaired) electrons. The van der Waals surface area contributed by atoms with Crippen molar-refractivity contribution in [2.24, 2.45) is 0 Å². The number of hydrogen-bond donors (Lipinski definition) is 1. The molecule has 2 heterocycles. The van der Waals surface area contributed by atoms with E-state index in [4.69, 9.17) is 5.26 Å². The van der Waals surface area contributed by atoms with E-state index in [-0.39, 0.29) is 30.4 Å². The first-order valence-electron chi connectivity index (χ1n) is 8.92. The van der Waals surface area contributed by atoms with Gasteiger partial charge in [-0.25, -0.2) is 4.98 Å². The van der Waals surface area contributed by atoms with Crippen LogP contribution in [0.3, 0.4) is 0 Å². The lowest BCUT2D eigenvalue weighted by Crippen LogP contribution is -2.09. The predicted octanol–water partition coefficient (Wildman–Crippen LogP) is 4.11. The van der Waals surface area contributed by atoms with Crippen molar-refractivity contribution in [2.45, 2.75) is 26.9 Å². The van der Waals surface area contributed by atoms with Gasteiger partial charge in [-0.3, -0.25) is 14.9 Å². The van der Waals surface area contributed by atoms with Crippen LogP contribution in [0.4, 0.5) is 11.5 Å². The third kappa shape index (κ3) is 4.14. The van der Waals surface area contributed by atoms with Crippen LogP contribution in [0.25, 0.3) is 11.3 Å². The van der Waals surface area contributed by atoms with Crippen LogP contribution >= 0.6 is 0 Å². The lowest BCUT2D eigenvalue weighted by Gasteiger charge is -2.13. The Hall–Kier alpha value is -3.99. The van der Waals surface area contributed by atoms with Crippen molar-refractivity contribution >= 4 is 17.3 Å². The minimum Gasteiger partial charge on any atom is -0.360 e. The number of nitrogens with zero attached hydrogens (tertiary/aromatic N) is 4. The second-order valence-electron chi connectivity index (χ2n) is 6.54. The zero-order valence-corrected chi connectivity index (χ0v) is 16.0. The normalized spacial score (nSPS) is 10.4. The van der Waals surface area contributed by atoms with E-state index in [1.165, 1.54) is 13.1 Å². The van der Waals surface area contributed by atoms with Gasteiger partial charge in [0.05, 0.1) is 11.0 Å². The molecule has 8 heteroatoms. The molecule has 0 spiro atoms. The molecule has 0 aliphatic heterocycles. The average molecular weight is 389 g/mol. The number of benzene rings is 1. The molecule has 3 aromatic rings. The highest BCUT2D eigenvalue weighted by Crippen LogP contribution is 2.28. The molecule has 1 aromatic carbocycles. The average Bonchev–Trinajstić information content (AvgIpc) is 3.14. The van der Waals surface area contributed by atoms with E-state index in [0.29, 0.717) is 16.7 Å². The summed E-state index contributed by atoms with van der Waals surface area (Å²) in [5, 5.41) is 23.3. The van der Waals surface area contributed by atoms with Crippen molar-refractivity contribution in [2.75, 3.05) is 5.32 Å². The predicted molar refractivity (Wildman–Crippen MR) is 108 cm³/mol. The summed E-state index contributed by atoms with van der Waals surface area (Å²) >= 11 is 0. The van der Waals surface area contributed by atoms with Crippen molar-refractivity contribution in [1.82, 2.24) is 9.55 Å². The molecule has 29 heavy (non-hydrogen) atoms. The number of aryl methyl sites for hydroxylation is 1. The van der Waals surface area contributed by atoms with Gasteiger partial charge in [0.2, 0.25) is 5.82 Å². The first kappa shape index (κ1) is 19.8. The highest BCUT2D eigenvalue weighted by Gasteiger charge is 2.19. The minimum absolute atomic E-state index is 0.0807. The maximum atomic E-state index is 12.2. The Labute approximate surface area is 167 Å². The number of carbonyl (C=O) groups excluding carboxylic acids is 1. The van der Waals surface area contributed by atoms with E-state index in [0.717, 1.165) is 11.3 Å². The Kier molecular flexibility index (Phi) is 5.69. The molecule has 2 aromatic heterocycles. The van der Waals surface area contributed by atoms with Gasteiger partial charge in [-0.1, -0.05) is 12.1 Å². The molecule has 0 aliphatic carbocycles. The topological polar surface area (TPSA) is 114 Å². The lowest BCUT2D eigenvalue weighted by atomic mass is 9.99. The van der Waals surface area contributed by atoms with Crippen molar-refractivity contribution in [3.8, 4) is 17.3 Å². The molecule has 8 nitrogen and oxygen atoms in total. The fraction of sp³-hybridized carbons (Fsp3) is 0.190. The van der Waals surface area contributed by atoms with Crippen LogP contribution in [-0.2, 0) is 13.1 Å². The molecule has 3 rings (SSSR count). The van der Waals surface area contributed by atoms with Crippen molar-refractivity contribution in [3.63, 3.8) is 0 Å². The molecule has 0 saturated heterocycles. The summed E-state index contributed by atoms with van der Waals surface area (Å²) in [5.74, 6) is 0.0465. The number of ketones is 1. The summed E-state index contributed by atoms with van der Waals surface area (Å²) in [4.78, 5) is 27.2. The second kappa shape index (κ2) is 8.35. The zero-order valence-electron chi connectivity index (χ0n) is 16.0. The molecule has 0 amide bonds. The van der Waals surface area contributed by atoms with Crippen LogP contribution in [0.2, 0.25) is 0 Å². The highest BCUT2D eigenvalue weighted by atomic mass is 16.6. The third-order valence-corrected chi connectivity index (χ3v) is 4.61. The summed E-state index contributed by atoms with van der Waals surface area (Å²) < 4.78 is 1.80. The molecule has 0 unspecified atom stereocenters. The van der Waals surface area contributed by atoms with Gasteiger partial charge in [-0.05, 0) is 49.2 Å². The fourth-order valence-electron chi connectivity index (χ4n) is 3.20. The Balaban J connectivity index is 1.93. The van der Waals surface area contributed by atoms with Crippen LogP contribution < -0.4 is 5.32 Å². The Morgan fingerprint density at radius 3 is 2.83 bits per heavy atom. The number of hydrogen-bond acceptors (Lipinski definition) is 6. The summed E-state index contributed by atoms with van der Waals surface area (Å²) in [6.45, 7) is 3.55. The summed E-state index contributed by atoms with van der Waals surface area (Å²) in [6.07, 6.45) is 3.31. The van der Waals surface area contributed by atoms with Crippen LogP contribution in [0.1, 0.15) is 28.4 Å². The SMILES string of the molecule is CC(=O)c1cc(-c2cccn2CC#N)ccc1CNc1nccc(C)c1[N+](=O)[O-]. The quantitative estimate of drug-likeness (QED) is 0.370. The highest BCUT2D eigenvalue weighted by molar-refractivity contribution is 5.96. The van der Waals surface area contributed by atoms with E-state index in [1.54, 1.807) is 23.6 Å². The van der Waals surface area contributed by atoms with Crippen molar-refractivity contribution < 1.29 is 9.72 Å². The molecule has 1 N–H and O–H groups in total. The van der Waals surface area contributed by atoms with Crippen molar-refractivity contribution in [3.05, 3.63) is 75.6 Å². The number of nitrogens with one attached hydrogen (secondary N) is 1. The first-order valence-corrected chi connectivity index (χ1v) is 8.92. The maximum absolute atomic E-state index is 12.2. The Bertz CT molecular complexity index is 1130. The summed E-state index contributed by atoms with van der Waals surface area (Å²) in [7, 11) is 0. The summed E-state index contributed by atoms with van der Waals surface area (Å²) in [5.41, 5.74) is 3.30. The second-order valence-corrected chi connectivity index (χ2v) is 6.54. The number of nitro groups is 1. The molecular weight excluding hydrogens is 370 g/mol. The zero-order chi connectivity index (χ0) is 21.0. The molecule has 0 fully saturated rings. The van der Waals surface area contributed by atoms with Gasteiger partial charge in [0.15, 0.2) is 5.78 Å². The smallest absolute Gasteiger partial charge is 0.314 e. The number of anilines is 1. The fourth-order valence-corrected chi connectivity index (χ4v) is 3.20. The summed E-state index contributed by atoms with van der Waals surface area (Å²) in [6, 6.07) is 12.9. The first-order chi connectivity index (χ1) is 13.9. The van der Waals surface area contributed by atoms with E-state index >= 15 is 0 Å². The van der Waals surface area contributed by atoms with Crippen LogP contribution in [0.15, 0.2) is 48.8 Å². The van der Waals surface area contributed by atoms with Crippen molar-refractivity contribution in [1.29, 1.82) is 5.26 Å². The number of rotatable bonds is 7. The van der Waals surface area contributed by atoms with E-state index in [2.05, 4.69) is 16.4 Å². The van der Waals surface area contributed by atoms with Gasteiger partial charge in [0, 0.05) is 35.8 Å². The van der Waals surface area contributed by atoms with Crippen LogP contribution in [0, 0.1) is 28.4 Å². The van der Waals surface area contributed by atoms with Gasteiger partial charge < -0.3 is 9.88 Å².